The van der Waals surface area contributed by atoms with E-state index in [1.165, 1.54) is 16.3 Å². The summed E-state index contributed by atoms with van der Waals surface area (Å²) in [5.41, 5.74) is 1.21. The molecule has 0 saturated carbocycles. The van der Waals surface area contributed by atoms with E-state index in [1.807, 2.05) is 18.2 Å². The summed E-state index contributed by atoms with van der Waals surface area (Å²) in [7, 11) is 0. The number of carbonyl (C=O) groups is 2. The van der Waals surface area contributed by atoms with Gasteiger partial charge in [-0.3, -0.25) is 4.79 Å². The first-order valence-corrected chi connectivity index (χ1v) is 8.03. The first-order chi connectivity index (χ1) is 11.2. The van der Waals surface area contributed by atoms with Crippen molar-refractivity contribution in [3.05, 3.63) is 48.0 Å². The maximum absolute atomic E-state index is 11.9. The number of carbonyl (C=O) groups excluding carboxylic acids is 2. The summed E-state index contributed by atoms with van der Waals surface area (Å²) in [4.78, 5) is 23.5. The zero-order chi connectivity index (χ0) is 16.1. The van der Waals surface area contributed by atoms with Crippen LogP contribution in [0, 0.1) is 0 Å². The van der Waals surface area contributed by atoms with Gasteiger partial charge in [-0.05, 0) is 35.6 Å². The van der Waals surface area contributed by atoms with Crippen LogP contribution in [0.4, 0.5) is 4.79 Å². The third kappa shape index (κ3) is 3.80. The highest BCUT2D eigenvalue weighted by molar-refractivity contribution is 5.87. The Hall–Kier alpha value is -2.56. The summed E-state index contributed by atoms with van der Waals surface area (Å²) in [6, 6.07) is 13.7. The number of piperidine rings is 1. The minimum absolute atomic E-state index is 0.0968. The molecule has 1 unspecified atom stereocenters. The second kappa shape index (κ2) is 7.13. The molecule has 1 fully saturated rings. The summed E-state index contributed by atoms with van der Waals surface area (Å²) < 4.78 is 0. The molecule has 0 aromatic heterocycles. The normalized spacial score (nSPS) is 17.6. The fourth-order valence-corrected chi connectivity index (χ4v) is 2.94. The van der Waals surface area contributed by atoms with Gasteiger partial charge in [0.15, 0.2) is 0 Å². The maximum atomic E-state index is 11.9. The minimum atomic E-state index is -0.415. The van der Waals surface area contributed by atoms with Crippen LogP contribution >= 0.6 is 0 Å². The Morgan fingerprint density at radius 2 is 2.00 bits per heavy atom. The zero-order valence-electron chi connectivity index (χ0n) is 13.0. The number of rotatable bonds is 4. The van der Waals surface area contributed by atoms with Gasteiger partial charge >= 0.3 is 6.03 Å². The molecule has 3 N–H and O–H groups in total. The number of hydrogen-bond acceptors (Lipinski definition) is 2. The molecule has 1 saturated heterocycles. The number of nitrogens with one attached hydrogen (secondary N) is 3. The van der Waals surface area contributed by atoms with Gasteiger partial charge in [0.2, 0.25) is 5.91 Å². The highest BCUT2D eigenvalue weighted by Crippen LogP contribution is 2.18. The smallest absolute Gasteiger partial charge is 0.315 e. The molecule has 2 aromatic rings. The standard InChI is InChI=1S/C18H21N3O2/c22-17-16(9-4-11-19-17)21-18(23)20-12-10-14-7-3-6-13-5-1-2-8-15(13)14/h1-3,5-8,16H,4,9-12H2,(H,19,22)(H2,20,21,23). The van der Waals surface area contributed by atoms with Crippen molar-refractivity contribution < 1.29 is 9.59 Å². The van der Waals surface area contributed by atoms with Crippen LogP contribution in [0.15, 0.2) is 42.5 Å². The fraction of sp³-hybridized carbons (Fsp3) is 0.333. The monoisotopic (exact) mass is 311 g/mol. The molecule has 0 aliphatic carbocycles. The number of benzene rings is 2. The van der Waals surface area contributed by atoms with Gasteiger partial charge in [-0.25, -0.2) is 4.79 Å². The largest absolute Gasteiger partial charge is 0.354 e. The van der Waals surface area contributed by atoms with Gasteiger partial charge < -0.3 is 16.0 Å². The molecule has 1 aliphatic heterocycles. The number of amides is 3. The Balaban J connectivity index is 1.52. The SMILES string of the molecule is O=C(NCCc1cccc2ccccc12)NC1CCCNC1=O. The van der Waals surface area contributed by atoms with Gasteiger partial charge in [0.05, 0.1) is 0 Å². The van der Waals surface area contributed by atoms with E-state index >= 15 is 0 Å². The van der Waals surface area contributed by atoms with E-state index in [2.05, 4.69) is 40.2 Å². The molecule has 120 valence electrons. The summed E-state index contributed by atoms with van der Waals surface area (Å²) in [6.45, 7) is 1.23. The number of fused-ring (bicyclic) bond motifs is 1. The Morgan fingerprint density at radius 3 is 2.87 bits per heavy atom. The van der Waals surface area contributed by atoms with Crippen molar-refractivity contribution in [3.8, 4) is 0 Å². The van der Waals surface area contributed by atoms with Crippen molar-refractivity contribution >= 4 is 22.7 Å². The van der Waals surface area contributed by atoms with Crippen molar-refractivity contribution in [2.45, 2.75) is 25.3 Å². The van der Waals surface area contributed by atoms with Crippen LogP contribution in [-0.4, -0.2) is 31.1 Å². The summed E-state index contributed by atoms with van der Waals surface area (Å²) in [6.07, 6.45) is 2.35. The van der Waals surface area contributed by atoms with Crippen LogP contribution in [0.25, 0.3) is 10.8 Å². The topological polar surface area (TPSA) is 70.2 Å². The molecule has 1 atom stereocenters. The second-order valence-corrected chi connectivity index (χ2v) is 5.77. The maximum Gasteiger partial charge on any atom is 0.315 e. The molecular weight excluding hydrogens is 290 g/mol. The Bertz CT molecular complexity index is 709. The summed E-state index contributed by atoms with van der Waals surface area (Å²) >= 11 is 0. The van der Waals surface area contributed by atoms with Gasteiger partial charge in [0, 0.05) is 13.1 Å². The van der Waals surface area contributed by atoms with Gasteiger partial charge in [0.1, 0.15) is 6.04 Å². The van der Waals surface area contributed by atoms with Gasteiger partial charge in [-0.2, -0.15) is 0 Å². The summed E-state index contributed by atoms with van der Waals surface area (Å²) in [5.74, 6) is -0.0968. The molecular formula is C18H21N3O2. The average Bonchev–Trinajstić information content (AvgIpc) is 2.57. The lowest BCUT2D eigenvalue weighted by molar-refractivity contribution is -0.124. The van der Waals surface area contributed by atoms with Crippen molar-refractivity contribution in [1.29, 1.82) is 0 Å². The van der Waals surface area contributed by atoms with E-state index in [1.54, 1.807) is 0 Å². The molecule has 5 heteroatoms. The van der Waals surface area contributed by atoms with E-state index in [0.29, 0.717) is 19.5 Å². The molecule has 3 rings (SSSR count). The third-order valence-electron chi connectivity index (χ3n) is 4.15. The van der Waals surface area contributed by atoms with E-state index in [-0.39, 0.29) is 11.9 Å². The van der Waals surface area contributed by atoms with E-state index in [0.717, 1.165) is 12.8 Å². The highest BCUT2D eigenvalue weighted by Gasteiger charge is 2.23. The van der Waals surface area contributed by atoms with E-state index in [9.17, 15) is 9.59 Å². The van der Waals surface area contributed by atoms with Crippen LogP contribution in [0.5, 0.6) is 0 Å². The Kier molecular flexibility index (Phi) is 4.76. The lowest BCUT2D eigenvalue weighted by Gasteiger charge is -2.22. The van der Waals surface area contributed by atoms with Crippen molar-refractivity contribution in [1.82, 2.24) is 16.0 Å². The van der Waals surface area contributed by atoms with Crippen LogP contribution in [0.2, 0.25) is 0 Å². The Labute approximate surface area is 135 Å². The lowest BCUT2D eigenvalue weighted by Crippen LogP contribution is -2.52. The number of hydrogen-bond donors (Lipinski definition) is 3. The lowest BCUT2D eigenvalue weighted by atomic mass is 10.0. The predicted octanol–water partition coefficient (Wildman–Crippen LogP) is 1.96. The average molecular weight is 311 g/mol. The highest BCUT2D eigenvalue weighted by atomic mass is 16.2. The van der Waals surface area contributed by atoms with Crippen LogP contribution in [0.3, 0.4) is 0 Å². The van der Waals surface area contributed by atoms with E-state index in [4.69, 9.17) is 0 Å². The van der Waals surface area contributed by atoms with Gasteiger partial charge in [0.25, 0.3) is 0 Å². The molecule has 0 radical (unpaired) electrons. The second-order valence-electron chi connectivity index (χ2n) is 5.77. The van der Waals surface area contributed by atoms with Crippen LogP contribution < -0.4 is 16.0 Å². The zero-order valence-corrected chi connectivity index (χ0v) is 13.0. The molecule has 5 nitrogen and oxygen atoms in total. The van der Waals surface area contributed by atoms with Crippen LogP contribution in [-0.2, 0) is 11.2 Å². The van der Waals surface area contributed by atoms with E-state index < -0.39 is 6.04 Å². The molecule has 1 aliphatic rings. The predicted molar refractivity (Wildman–Crippen MR) is 90.2 cm³/mol. The molecule has 0 spiro atoms. The molecule has 3 amide bonds. The first kappa shape index (κ1) is 15.3. The van der Waals surface area contributed by atoms with Gasteiger partial charge in [-0.15, -0.1) is 0 Å². The molecule has 0 bridgehead atoms. The van der Waals surface area contributed by atoms with Crippen molar-refractivity contribution in [2.75, 3.05) is 13.1 Å². The molecule has 1 heterocycles. The fourth-order valence-electron chi connectivity index (χ4n) is 2.94. The first-order valence-electron chi connectivity index (χ1n) is 8.03. The molecule has 2 aromatic carbocycles. The quantitative estimate of drug-likeness (QED) is 0.808. The van der Waals surface area contributed by atoms with Crippen molar-refractivity contribution in [3.63, 3.8) is 0 Å². The summed E-state index contributed by atoms with van der Waals surface area (Å²) in [5, 5.41) is 10.7. The molecule has 23 heavy (non-hydrogen) atoms. The van der Waals surface area contributed by atoms with Crippen LogP contribution in [0.1, 0.15) is 18.4 Å². The third-order valence-corrected chi connectivity index (χ3v) is 4.15. The Morgan fingerprint density at radius 1 is 1.17 bits per heavy atom. The van der Waals surface area contributed by atoms with Crippen molar-refractivity contribution in [2.24, 2.45) is 0 Å². The number of urea groups is 1. The van der Waals surface area contributed by atoms with Gasteiger partial charge in [-0.1, -0.05) is 42.5 Å². The minimum Gasteiger partial charge on any atom is -0.354 e.